The monoisotopic (exact) mass is 299 g/mol. The number of hydrogen-bond acceptors (Lipinski definition) is 3. The molecule has 4 nitrogen and oxygen atoms in total. The normalized spacial score (nSPS) is 21.1. The summed E-state index contributed by atoms with van der Waals surface area (Å²) >= 11 is 6.21. The molecule has 1 aromatic rings. The van der Waals surface area contributed by atoms with Crippen LogP contribution in [0.25, 0.3) is 0 Å². The average Bonchev–Trinajstić information content (AvgIpc) is 2.60. The van der Waals surface area contributed by atoms with Gasteiger partial charge in [0.25, 0.3) is 0 Å². The molecule has 1 aliphatic carbocycles. The van der Waals surface area contributed by atoms with Crippen LogP contribution in [-0.2, 0) is 13.6 Å². The van der Waals surface area contributed by atoms with Crippen LogP contribution in [0, 0.1) is 12.3 Å². The number of aryl methyl sites for hydroxylation is 2. The van der Waals surface area contributed by atoms with Gasteiger partial charge in [-0.15, -0.1) is 0 Å². The number of halogens is 1. The van der Waals surface area contributed by atoms with Crippen molar-refractivity contribution in [3.05, 3.63) is 16.4 Å². The van der Waals surface area contributed by atoms with Crippen LogP contribution in [0.3, 0.4) is 0 Å². The van der Waals surface area contributed by atoms with Crippen molar-refractivity contribution < 1.29 is 5.11 Å². The van der Waals surface area contributed by atoms with E-state index in [-0.39, 0.29) is 0 Å². The van der Waals surface area contributed by atoms with Crippen LogP contribution in [0.5, 0.6) is 0 Å². The molecule has 0 radical (unpaired) electrons. The van der Waals surface area contributed by atoms with Gasteiger partial charge in [0.05, 0.1) is 11.3 Å². The minimum atomic E-state index is -0.571. The summed E-state index contributed by atoms with van der Waals surface area (Å²) in [6, 6.07) is 0. The lowest BCUT2D eigenvalue weighted by molar-refractivity contribution is -0.0245. The fourth-order valence-electron chi connectivity index (χ4n) is 2.86. The summed E-state index contributed by atoms with van der Waals surface area (Å²) < 4.78 is 1.69. The summed E-state index contributed by atoms with van der Waals surface area (Å²) in [5.41, 5.74) is 1.77. The number of rotatable bonds is 4. The standard InChI is InChI=1S/C15H26ClN3O/c1-11-12(13(16)19(4)18-11)9-17-10-15(20)7-5-14(2,3)6-8-15/h17,20H,5-10H2,1-4H3. The third-order valence-corrected chi connectivity index (χ3v) is 5.03. The van der Waals surface area contributed by atoms with Gasteiger partial charge in [-0.05, 0) is 38.0 Å². The van der Waals surface area contributed by atoms with Crippen LogP contribution in [0.1, 0.15) is 50.8 Å². The molecule has 114 valence electrons. The molecule has 1 heterocycles. The van der Waals surface area contributed by atoms with Gasteiger partial charge in [0, 0.05) is 25.7 Å². The number of aromatic nitrogens is 2. The second-order valence-electron chi connectivity index (χ2n) is 6.97. The molecule has 1 fully saturated rings. The maximum absolute atomic E-state index is 10.6. The van der Waals surface area contributed by atoms with E-state index in [9.17, 15) is 5.11 Å². The first-order chi connectivity index (χ1) is 9.22. The molecule has 20 heavy (non-hydrogen) atoms. The predicted molar refractivity (Wildman–Crippen MR) is 81.9 cm³/mol. The first-order valence-corrected chi connectivity index (χ1v) is 7.71. The Kier molecular flexibility index (Phi) is 4.47. The van der Waals surface area contributed by atoms with Crippen LogP contribution in [0.4, 0.5) is 0 Å². The van der Waals surface area contributed by atoms with Crippen LogP contribution < -0.4 is 5.32 Å². The molecule has 0 amide bonds. The molecule has 0 aliphatic heterocycles. The van der Waals surface area contributed by atoms with Gasteiger partial charge in [0.15, 0.2) is 0 Å². The van der Waals surface area contributed by atoms with Crippen molar-refractivity contribution in [2.75, 3.05) is 6.54 Å². The van der Waals surface area contributed by atoms with Crippen LogP contribution >= 0.6 is 11.6 Å². The zero-order valence-corrected chi connectivity index (χ0v) is 13.7. The van der Waals surface area contributed by atoms with E-state index in [2.05, 4.69) is 24.3 Å². The smallest absolute Gasteiger partial charge is 0.131 e. The number of hydrogen-bond donors (Lipinski definition) is 2. The minimum Gasteiger partial charge on any atom is -0.389 e. The topological polar surface area (TPSA) is 50.1 Å². The van der Waals surface area contributed by atoms with E-state index in [0.717, 1.165) is 36.9 Å². The Hall–Kier alpha value is -0.580. The quantitative estimate of drug-likeness (QED) is 0.899. The van der Waals surface area contributed by atoms with Gasteiger partial charge in [-0.25, -0.2) is 0 Å². The summed E-state index contributed by atoms with van der Waals surface area (Å²) in [5.74, 6) is 0. The van der Waals surface area contributed by atoms with Crippen molar-refractivity contribution in [3.63, 3.8) is 0 Å². The van der Waals surface area contributed by atoms with Gasteiger partial charge in [-0.3, -0.25) is 4.68 Å². The maximum Gasteiger partial charge on any atom is 0.131 e. The molecule has 0 aromatic carbocycles. The van der Waals surface area contributed by atoms with Crippen LogP contribution in [0.2, 0.25) is 5.15 Å². The summed E-state index contributed by atoms with van der Waals surface area (Å²) in [5, 5.41) is 18.9. The van der Waals surface area contributed by atoms with E-state index in [1.54, 1.807) is 4.68 Å². The molecule has 1 aliphatic rings. The zero-order valence-electron chi connectivity index (χ0n) is 13.0. The number of nitrogens with one attached hydrogen (secondary N) is 1. The fourth-order valence-corrected chi connectivity index (χ4v) is 3.11. The molecule has 0 bridgehead atoms. The van der Waals surface area contributed by atoms with E-state index < -0.39 is 5.60 Å². The van der Waals surface area contributed by atoms with Gasteiger partial charge in [0.1, 0.15) is 5.15 Å². The largest absolute Gasteiger partial charge is 0.389 e. The highest BCUT2D eigenvalue weighted by Gasteiger charge is 2.36. The molecule has 1 aromatic heterocycles. The van der Waals surface area contributed by atoms with Gasteiger partial charge >= 0.3 is 0 Å². The molecule has 0 unspecified atom stereocenters. The van der Waals surface area contributed by atoms with E-state index in [4.69, 9.17) is 11.6 Å². The van der Waals surface area contributed by atoms with E-state index in [1.165, 1.54) is 0 Å². The van der Waals surface area contributed by atoms with E-state index in [0.29, 0.717) is 23.7 Å². The number of aliphatic hydroxyl groups is 1. The molecule has 1 saturated carbocycles. The molecule has 0 atom stereocenters. The Morgan fingerprint density at radius 2 is 1.90 bits per heavy atom. The van der Waals surface area contributed by atoms with E-state index >= 15 is 0 Å². The lowest BCUT2D eigenvalue weighted by Crippen LogP contribution is -2.44. The van der Waals surface area contributed by atoms with Crippen molar-refractivity contribution >= 4 is 11.6 Å². The molecule has 0 spiro atoms. The van der Waals surface area contributed by atoms with Gasteiger partial charge in [0.2, 0.25) is 0 Å². The second kappa shape index (κ2) is 5.66. The highest BCUT2D eigenvalue weighted by Crippen LogP contribution is 2.39. The molecular formula is C15H26ClN3O. The molecule has 2 N–H and O–H groups in total. The summed E-state index contributed by atoms with van der Waals surface area (Å²) in [7, 11) is 1.84. The highest BCUT2D eigenvalue weighted by atomic mass is 35.5. The fraction of sp³-hybridized carbons (Fsp3) is 0.800. The van der Waals surface area contributed by atoms with Crippen molar-refractivity contribution in [2.45, 2.75) is 58.6 Å². The Morgan fingerprint density at radius 1 is 1.30 bits per heavy atom. The van der Waals surface area contributed by atoms with Crippen molar-refractivity contribution in [3.8, 4) is 0 Å². The maximum atomic E-state index is 10.6. The summed E-state index contributed by atoms with van der Waals surface area (Å²) in [6.45, 7) is 7.79. The predicted octanol–water partition coefficient (Wildman–Crippen LogP) is 2.80. The van der Waals surface area contributed by atoms with Crippen LogP contribution in [-0.4, -0.2) is 27.0 Å². The SMILES string of the molecule is Cc1nn(C)c(Cl)c1CNCC1(O)CCC(C)(C)CC1. The van der Waals surface area contributed by atoms with Gasteiger partial charge in [-0.1, -0.05) is 25.4 Å². The van der Waals surface area contributed by atoms with Crippen molar-refractivity contribution in [2.24, 2.45) is 12.5 Å². The summed E-state index contributed by atoms with van der Waals surface area (Å²) in [6.07, 6.45) is 3.90. The lowest BCUT2D eigenvalue weighted by atomic mass is 9.71. The van der Waals surface area contributed by atoms with Crippen molar-refractivity contribution in [1.82, 2.24) is 15.1 Å². The van der Waals surface area contributed by atoms with Gasteiger partial charge in [-0.2, -0.15) is 5.10 Å². The molecule has 0 saturated heterocycles. The Bertz CT molecular complexity index is 472. The zero-order chi connectivity index (χ0) is 15.0. The third-order valence-electron chi connectivity index (χ3n) is 4.56. The Labute approximate surface area is 126 Å². The van der Waals surface area contributed by atoms with Crippen molar-refractivity contribution in [1.29, 1.82) is 0 Å². The third kappa shape index (κ3) is 3.54. The van der Waals surface area contributed by atoms with Crippen LogP contribution in [0.15, 0.2) is 0 Å². The first kappa shape index (κ1) is 15.8. The second-order valence-corrected chi connectivity index (χ2v) is 7.33. The molecule has 5 heteroatoms. The number of nitrogens with zero attached hydrogens (tertiary/aromatic N) is 2. The molecular weight excluding hydrogens is 274 g/mol. The Morgan fingerprint density at radius 3 is 2.40 bits per heavy atom. The molecule has 2 rings (SSSR count). The highest BCUT2D eigenvalue weighted by molar-refractivity contribution is 6.30. The lowest BCUT2D eigenvalue weighted by Gasteiger charge is -2.40. The minimum absolute atomic E-state index is 0.371. The van der Waals surface area contributed by atoms with Gasteiger partial charge < -0.3 is 10.4 Å². The average molecular weight is 300 g/mol. The Balaban J connectivity index is 1.87. The summed E-state index contributed by atoms with van der Waals surface area (Å²) in [4.78, 5) is 0. The first-order valence-electron chi connectivity index (χ1n) is 7.34. The van der Waals surface area contributed by atoms with E-state index in [1.807, 2.05) is 14.0 Å².